The molecule has 1 aromatic carbocycles. The number of benzene rings is 1. The van der Waals surface area contributed by atoms with Crippen LogP contribution in [0.15, 0.2) is 23.1 Å². The third kappa shape index (κ3) is 5.28. The molecule has 0 aliphatic rings. The summed E-state index contributed by atoms with van der Waals surface area (Å²) in [5.74, 6) is -0.680. The minimum Gasteiger partial charge on any atom is -0.468 e. The molecule has 0 aliphatic carbocycles. The minimum atomic E-state index is -0.694. The van der Waals surface area contributed by atoms with E-state index >= 15 is 0 Å². The first kappa shape index (κ1) is 17.9. The van der Waals surface area contributed by atoms with Crippen LogP contribution in [0.2, 0.25) is 0 Å². The van der Waals surface area contributed by atoms with Gasteiger partial charge in [0.2, 0.25) is 0 Å². The van der Waals surface area contributed by atoms with Crippen molar-refractivity contribution in [2.24, 2.45) is 0 Å². The monoisotopic (exact) mass is 317 g/mol. The number of esters is 1. The summed E-state index contributed by atoms with van der Waals surface area (Å²) in [6, 6.07) is 3.58. The molecule has 0 aromatic heterocycles. The highest BCUT2D eigenvalue weighted by molar-refractivity contribution is 7.99. The fourth-order valence-corrected chi connectivity index (χ4v) is 2.84. The standard InChI is InChI=1S/C15H21F2NO2S/c1-15(18-2,14(19)20-3)8-4-5-9-21-13-7-6-11(16)10-12(13)17/h6-7,10,18H,4-5,8-9H2,1-3H3. The van der Waals surface area contributed by atoms with E-state index in [-0.39, 0.29) is 5.97 Å². The van der Waals surface area contributed by atoms with Crippen LogP contribution in [0.5, 0.6) is 0 Å². The van der Waals surface area contributed by atoms with Gasteiger partial charge in [-0.3, -0.25) is 4.79 Å². The molecule has 0 spiro atoms. The zero-order chi connectivity index (χ0) is 15.9. The van der Waals surface area contributed by atoms with Gasteiger partial charge in [0.1, 0.15) is 17.2 Å². The largest absolute Gasteiger partial charge is 0.468 e. The summed E-state index contributed by atoms with van der Waals surface area (Å²) in [7, 11) is 3.09. The highest BCUT2D eigenvalue weighted by Crippen LogP contribution is 2.24. The zero-order valence-electron chi connectivity index (χ0n) is 12.5. The van der Waals surface area contributed by atoms with Crippen molar-refractivity contribution in [1.29, 1.82) is 0 Å². The molecule has 1 aromatic rings. The minimum absolute atomic E-state index is 0.290. The van der Waals surface area contributed by atoms with Gasteiger partial charge in [-0.15, -0.1) is 11.8 Å². The number of carbonyl (C=O) groups is 1. The van der Waals surface area contributed by atoms with E-state index in [9.17, 15) is 13.6 Å². The van der Waals surface area contributed by atoms with E-state index < -0.39 is 17.2 Å². The number of thioether (sulfide) groups is 1. The van der Waals surface area contributed by atoms with Crippen LogP contribution in [-0.4, -0.2) is 31.4 Å². The Morgan fingerprint density at radius 1 is 1.38 bits per heavy atom. The number of unbranched alkanes of at least 4 members (excludes halogenated alkanes) is 1. The van der Waals surface area contributed by atoms with Gasteiger partial charge in [-0.05, 0) is 44.7 Å². The summed E-state index contributed by atoms with van der Waals surface area (Å²) in [6.45, 7) is 1.80. The second-order valence-electron chi connectivity index (χ2n) is 4.95. The van der Waals surface area contributed by atoms with Crippen LogP contribution in [0.25, 0.3) is 0 Å². The van der Waals surface area contributed by atoms with Crippen LogP contribution in [0.3, 0.4) is 0 Å². The number of halogens is 2. The molecule has 0 amide bonds. The van der Waals surface area contributed by atoms with Crippen LogP contribution in [0.4, 0.5) is 8.78 Å². The third-order valence-electron chi connectivity index (χ3n) is 3.41. The average molecular weight is 317 g/mol. The van der Waals surface area contributed by atoms with Crippen molar-refractivity contribution in [1.82, 2.24) is 5.32 Å². The van der Waals surface area contributed by atoms with Crippen molar-refractivity contribution in [3.63, 3.8) is 0 Å². The van der Waals surface area contributed by atoms with Gasteiger partial charge in [-0.2, -0.15) is 0 Å². The van der Waals surface area contributed by atoms with Crippen LogP contribution < -0.4 is 5.32 Å². The van der Waals surface area contributed by atoms with Gasteiger partial charge in [0.05, 0.1) is 7.11 Å². The molecular formula is C15H21F2NO2S. The Hall–Kier alpha value is -1.14. The van der Waals surface area contributed by atoms with E-state index in [0.717, 1.165) is 18.9 Å². The van der Waals surface area contributed by atoms with E-state index in [1.54, 1.807) is 14.0 Å². The molecule has 118 valence electrons. The molecule has 1 atom stereocenters. The number of nitrogens with one attached hydrogen (secondary N) is 1. The fraction of sp³-hybridized carbons (Fsp3) is 0.533. The maximum Gasteiger partial charge on any atom is 0.325 e. The smallest absolute Gasteiger partial charge is 0.325 e. The molecule has 0 saturated carbocycles. The van der Waals surface area contributed by atoms with Crippen molar-refractivity contribution in [3.05, 3.63) is 29.8 Å². The Kier molecular flexibility index (Phi) is 7.11. The van der Waals surface area contributed by atoms with E-state index in [1.165, 1.54) is 31.0 Å². The maximum atomic E-state index is 13.4. The average Bonchev–Trinajstić information content (AvgIpc) is 2.47. The number of ether oxygens (including phenoxy) is 1. The maximum absolute atomic E-state index is 13.4. The highest BCUT2D eigenvalue weighted by atomic mass is 32.2. The highest BCUT2D eigenvalue weighted by Gasteiger charge is 2.31. The molecular weight excluding hydrogens is 296 g/mol. The number of hydrogen-bond acceptors (Lipinski definition) is 4. The lowest BCUT2D eigenvalue weighted by Crippen LogP contribution is -2.48. The van der Waals surface area contributed by atoms with Gasteiger partial charge < -0.3 is 10.1 Å². The van der Waals surface area contributed by atoms with E-state index in [4.69, 9.17) is 4.74 Å². The Morgan fingerprint density at radius 3 is 2.67 bits per heavy atom. The summed E-state index contributed by atoms with van der Waals surface area (Å²) in [5.41, 5.74) is -0.694. The molecule has 1 rings (SSSR count). The Bertz CT molecular complexity index is 485. The predicted octanol–water partition coefficient (Wildman–Crippen LogP) is 3.38. The lowest BCUT2D eigenvalue weighted by atomic mass is 9.95. The summed E-state index contributed by atoms with van der Waals surface area (Å²) in [4.78, 5) is 12.1. The van der Waals surface area contributed by atoms with Crippen LogP contribution in [-0.2, 0) is 9.53 Å². The van der Waals surface area contributed by atoms with E-state index in [1.807, 2.05) is 0 Å². The Labute approximate surface area is 128 Å². The van der Waals surface area contributed by atoms with Gasteiger partial charge >= 0.3 is 5.97 Å². The van der Waals surface area contributed by atoms with Crippen molar-refractivity contribution in [2.45, 2.75) is 36.6 Å². The Morgan fingerprint density at radius 2 is 2.10 bits per heavy atom. The second-order valence-corrected chi connectivity index (χ2v) is 6.09. The molecule has 21 heavy (non-hydrogen) atoms. The molecule has 3 nitrogen and oxygen atoms in total. The van der Waals surface area contributed by atoms with Gasteiger partial charge in [0.25, 0.3) is 0 Å². The summed E-state index contributed by atoms with van der Waals surface area (Å²) in [5, 5.41) is 2.97. The number of hydrogen-bond donors (Lipinski definition) is 1. The lowest BCUT2D eigenvalue weighted by Gasteiger charge is -2.25. The summed E-state index contributed by atoms with van der Waals surface area (Å²) >= 11 is 1.35. The number of likely N-dealkylation sites (N-methyl/N-ethyl adjacent to an activating group) is 1. The molecule has 0 heterocycles. The molecule has 0 fully saturated rings. The first-order chi connectivity index (χ1) is 9.92. The van der Waals surface area contributed by atoms with Gasteiger partial charge in [-0.25, -0.2) is 8.78 Å². The third-order valence-corrected chi connectivity index (χ3v) is 4.55. The SMILES string of the molecule is CNC(C)(CCCCSc1ccc(F)cc1F)C(=O)OC. The second kappa shape index (κ2) is 8.34. The first-order valence-corrected chi connectivity index (χ1v) is 7.76. The molecule has 1 N–H and O–H groups in total. The predicted molar refractivity (Wildman–Crippen MR) is 80.4 cm³/mol. The fourth-order valence-electron chi connectivity index (χ4n) is 1.91. The number of carbonyl (C=O) groups excluding carboxylic acids is 1. The summed E-state index contributed by atoms with van der Waals surface area (Å²) in [6.07, 6.45) is 2.28. The molecule has 0 radical (unpaired) electrons. The molecule has 1 unspecified atom stereocenters. The van der Waals surface area contributed by atoms with Crippen LogP contribution in [0.1, 0.15) is 26.2 Å². The first-order valence-electron chi connectivity index (χ1n) is 6.78. The van der Waals surface area contributed by atoms with Crippen molar-refractivity contribution >= 4 is 17.7 Å². The Balaban J connectivity index is 2.36. The summed E-state index contributed by atoms with van der Waals surface area (Å²) < 4.78 is 31.0. The lowest BCUT2D eigenvalue weighted by molar-refractivity contribution is -0.148. The molecule has 0 saturated heterocycles. The van der Waals surface area contributed by atoms with Gasteiger partial charge in [0, 0.05) is 11.0 Å². The van der Waals surface area contributed by atoms with Gasteiger partial charge in [-0.1, -0.05) is 6.42 Å². The van der Waals surface area contributed by atoms with E-state index in [0.29, 0.717) is 17.1 Å². The van der Waals surface area contributed by atoms with Crippen molar-refractivity contribution < 1.29 is 18.3 Å². The van der Waals surface area contributed by atoms with Crippen LogP contribution in [0, 0.1) is 11.6 Å². The quantitative estimate of drug-likeness (QED) is 0.453. The molecule has 0 bridgehead atoms. The number of rotatable bonds is 8. The topological polar surface area (TPSA) is 38.3 Å². The molecule has 6 heteroatoms. The normalized spacial score (nSPS) is 13.8. The van der Waals surface area contributed by atoms with E-state index in [2.05, 4.69) is 5.32 Å². The molecule has 0 aliphatic heterocycles. The van der Waals surface area contributed by atoms with Crippen LogP contribution >= 0.6 is 11.8 Å². The van der Waals surface area contributed by atoms with Gasteiger partial charge in [0.15, 0.2) is 0 Å². The van der Waals surface area contributed by atoms with Crippen molar-refractivity contribution in [2.75, 3.05) is 19.9 Å². The number of methoxy groups -OCH3 is 1. The zero-order valence-corrected chi connectivity index (χ0v) is 13.4. The van der Waals surface area contributed by atoms with Crippen molar-refractivity contribution in [3.8, 4) is 0 Å².